The van der Waals surface area contributed by atoms with Crippen molar-refractivity contribution in [1.82, 2.24) is 10.2 Å². The van der Waals surface area contributed by atoms with Gasteiger partial charge in [-0.15, -0.1) is 0 Å². The van der Waals surface area contributed by atoms with Crippen LogP contribution in [-0.2, 0) is 24.2 Å². The Labute approximate surface area is 153 Å². The number of fused-ring (bicyclic) bond motifs is 1. The van der Waals surface area contributed by atoms with Crippen LogP contribution in [-0.4, -0.2) is 27.3 Å². The Morgan fingerprint density at radius 2 is 1.93 bits per heavy atom. The Morgan fingerprint density at radius 1 is 1.19 bits per heavy atom. The molecule has 1 heterocycles. The number of carbonyl (C=O) groups is 2. The molecule has 27 heavy (non-hydrogen) atoms. The van der Waals surface area contributed by atoms with Crippen LogP contribution in [0.2, 0.25) is 0 Å². The molecular weight excluding hydrogens is 353 g/mol. The summed E-state index contributed by atoms with van der Waals surface area (Å²) >= 11 is 0. The fourth-order valence-electron chi connectivity index (χ4n) is 3.82. The number of hydrogen-bond acceptors (Lipinski definition) is 4. The molecule has 1 saturated heterocycles. The highest BCUT2D eigenvalue weighted by atomic mass is 19.1. The third-order valence-electron chi connectivity index (χ3n) is 5.23. The Balaban J connectivity index is 1.58. The van der Waals surface area contributed by atoms with E-state index in [0.717, 1.165) is 22.6 Å². The van der Waals surface area contributed by atoms with E-state index in [0.29, 0.717) is 24.8 Å². The topological polar surface area (TPSA) is 92.6 Å². The number of hydrogen-bond donors (Lipinski definition) is 1. The fourth-order valence-corrected chi connectivity index (χ4v) is 3.82. The van der Waals surface area contributed by atoms with E-state index in [4.69, 9.17) is 0 Å². The van der Waals surface area contributed by atoms with Crippen molar-refractivity contribution in [3.8, 4) is 0 Å². The molecule has 138 valence electrons. The Morgan fingerprint density at radius 3 is 2.63 bits per heavy atom. The molecule has 3 amide bonds. The average molecular weight is 369 g/mol. The van der Waals surface area contributed by atoms with Gasteiger partial charge in [-0.25, -0.2) is 4.79 Å². The first-order valence-electron chi connectivity index (χ1n) is 8.53. The van der Waals surface area contributed by atoms with Crippen molar-refractivity contribution in [3.05, 3.63) is 75.1 Å². The first kappa shape index (κ1) is 17.1. The van der Waals surface area contributed by atoms with Crippen LogP contribution in [0.15, 0.2) is 42.5 Å². The van der Waals surface area contributed by atoms with E-state index < -0.39 is 28.0 Å². The van der Waals surface area contributed by atoms with Crippen LogP contribution in [0.4, 0.5) is 14.9 Å². The molecule has 2 aromatic carbocycles. The van der Waals surface area contributed by atoms with Crippen LogP contribution in [0, 0.1) is 15.9 Å². The van der Waals surface area contributed by atoms with Gasteiger partial charge >= 0.3 is 11.7 Å². The molecule has 8 heteroatoms. The van der Waals surface area contributed by atoms with E-state index in [1.807, 2.05) is 24.3 Å². The van der Waals surface area contributed by atoms with Crippen LogP contribution in [0.5, 0.6) is 0 Å². The lowest BCUT2D eigenvalue weighted by Crippen LogP contribution is -2.51. The lowest BCUT2D eigenvalue weighted by molar-refractivity contribution is -0.387. The van der Waals surface area contributed by atoms with Crippen molar-refractivity contribution in [2.45, 2.75) is 31.3 Å². The third-order valence-corrected chi connectivity index (χ3v) is 5.23. The molecule has 0 radical (unpaired) electrons. The summed E-state index contributed by atoms with van der Waals surface area (Å²) in [6.07, 6.45) is 1.60. The summed E-state index contributed by atoms with van der Waals surface area (Å²) in [5.41, 5.74) is 0.887. The van der Waals surface area contributed by atoms with E-state index in [1.165, 1.54) is 11.6 Å². The van der Waals surface area contributed by atoms with Gasteiger partial charge in [0.25, 0.3) is 5.91 Å². The zero-order valence-electron chi connectivity index (χ0n) is 14.3. The molecule has 1 spiro atoms. The second kappa shape index (κ2) is 6.15. The molecule has 1 aliphatic heterocycles. The number of urea groups is 1. The van der Waals surface area contributed by atoms with Crippen molar-refractivity contribution in [2.75, 3.05) is 0 Å². The van der Waals surface area contributed by atoms with Crippen molar-refractivity contribution in [3.63, 3.8) is 0 Å². The van der Waals surface area contributed by atoms with E-state index in [-0.39, 0.29) is 12.5 Å². The maximum atomic E-state index is 13.8. The summed E-state index contributed by atoms with van der Waals surface area (Å²) in [5, 5.41) is 13.5. The molecule has 2 aromatic rings. The lowest BCUT2D eigenvalue weighted by atomic mass is 9.78. The second-order valence-corrected chi connectivity index (χ2v) is 6.89. The molecule has 1 atom stereocenters. The first-order valence-corrected chi connectivity index (χ1v) is 8.53. The number of halogens is 1. The second-order valence-electron chi connectivity index (χ2n) is 6.89. The number of nitro benzene ring substituents is 1. The zero-order chi connectivity index (χ0) is 19.2. The van der Waals surface area contributed by atoms with Crippen LogP contribution in [0.3, 0.4) is 0 Å². The number of nitrogens with zero attached hydrogens (tertiary/aromatic N) is 2. The average Bonchev–Trinajstić information content (AvgIpc) is 2.85. The Bertz CT molecular complexity index is 977. The molecule has 0 bridgehead atoms. The van der Waals surface area contributed by atoms with Gasteiger partial charge in [-0.3, -0.25) is 19.8 Å². The largest absolute Gasteiger partial charge is 0.325 e. The van der Waals surface area contributed by atoms with Gasteiger partial charge in [0, 0.05) is 12.5 Å². The molecule has 1 N–H and O–H groups in total. The van der Waals surface area contributed by atoms with Crippen molar-refractivity contribution < 1.29 is 18.9 Å². The minimum absolute atomic E-state index is 0.136. The highest BCUT2D eigenvalue weighted by molar-refractivity contribution is 6.07. The summed E-state index contributed by atoms with van der Waals surface area (Å²) < 4.78 is 13.8. The standard InChI is InChI=1S/C19H16FN3O4/c20-15-9-12(5-6-16(15)23(26)27)11-22-17(24)19(21-18(22)25)8-7-13-3-1-2-4-14(13)10-19/h1-6,9H,7-8,10-11H2,(H,21,25). The fraction of sp³-hybridized carbons (Fsp3) is 0.263. The normalized spacial score (nSPS) is 21.3. The number of nitro groups is 1. The molecule has 7 nitrogen and oxygen atoms in total. The number of carbonyl (C=O) groups excluding carboxylic acids is 2. The van der Waals surface area contributed by atoms with Crippen molar-refractivity contribution in [1.29, 1.82) is 0 Å². The summed E-state index contributed by atoms with van der Waals surface area (Å²) in [7, 11) is 0. The number of rotatable bonds is 3. The highest BCUT2D eigenvalue weighted by Crippen LogP contribution is 2.34. The molecule has 1 aliphatic carbocycles. The maximum absolute atomic E-state index is 13.8. The van der Waals surface area contributed by atoms with Gasteiger partial charge in [0.2, 0.25) is 5.82 Å². The molecule has 0 aromatic heterocycles. The summed E-state index contributed by atoms with van der Waals surface area (Å²) in [4.78, 5) is 36.4. The highest BCUT2D eigenvalue weighted by Gasteiger charge is 2.52. The van der Waals surface area contributed by atoms with E-state index in [9.17, 15) is 24.1 Å². The van der Waals surface area contributed by atoms with Gasteiger partial charge in [0.1, 0.15) is 5.54 Å². The third kappa shape index (κ3) is 2.83. The summed E-state index contributed by atoms with van der Waals surface area (Å²) in [6.45, 7) is -0.136. The van der Waals surface area contributed by atoms with Gasteiger partial charge in [-0.05, 0) is 35.6 Å². The minimum Gasteiger partial charge on any atom is -0.323 e. The van der Waals surface area contributed by atoms with Crippen molar-refractivity contribution in [2.24, 2.45) is 0 Å². The quantitative estimate of drug-likeness (QED) is 0.511. The van der Waals surface area contributed by atoms with Crippen LogP contribution in [0.1, 0.15) is 23.1 Å². The van der Waals surface area contributed by atoms with Gasteiger partial charge in [-0.1, -0.05) is 30.3 Å². The van der Waals surface area contributed by atoms with Crippen molar-refractivity contribution >= 4 is 17.6 Å². The predicted molar refractivity (Wildman–Crippen MR) is 93.3 cm³/mol. The molecule has 1 unspecified atom stereocenters. The van der Waals surface area contributed by atoms with E-state index in [1.54, 1.807) is 0 Å². The molecular formula is C19H16FN3O4. The SMILES string of the molecule is O=C1NC2(CCc3ccccc3C2)C(=O)N1Cc1ccc([N+](=O)[O-])c(F)c1. The summed E-state index contributed by atoms with van der Waals surface area (Å²) in [5.74, 6) is -1.34. The number of amides is 3. The van der Waals surface area contributed by atoms with Crippen LogP contribution < -0.4 is 5.32 Å². The first-order chi connectivity index (χ1) is 12.9. The molecule has 0 saturated carbocycles. The molecule has 1 fully saturated rings. The Hall–Kier alpha value is -3.29. The minimum atomic E-state index is -0.995. The van der Waals surface area contributed by atoms with E-state index in [2.05, 4.69) is 5.32 Å². The Kier molecular flexibility index (Phi) is 3.91. The van der Waals surface area contributed by atoms with E-state index >= 15 is 0 Å². The van der Waals surface area contributed by atoms with Crippen LogP contribution in [0.25, 0.3) is 0 Å². The molecule has 2 aliphatic rings. The maximum Gasteiger partial charge on any atom is 0.325 e. The predicted octanol–water partition coefficient (Wildman–Crippen LogP) is 2.71. The lowest BCUT2D eigenvalue weighted by Gasteiger charge is -2.32. The number of imide groups is 1. The molecule has 4 rings (SSSR count). The number of benzene rings is 2. The van der Waals surface area contributed by atoms with Gasteiger partial charge in [0.05, 0.1) is 11.5 Å². The van der Waals surface area contributed by atoms with Gasteiger partial charge < -0.3 is 5.32 Å². The monoisotopic (exact) mass is 369 g/mol. The smallest absolute Gasteiger partial charge is 0.323 e. The van der Waals surface area contributed by atoms with Crippen LogP contribution >= 0.6 is 0 Å². The number of nitrogens with one attached hydrogen (secondary N) is 1. The zero-order valence-corrected chi connectivity index (χ0v) is 14.3. The van der Waals surface area contributed by atoms with Gasteiger partial charge in [-0.2, -0.15) is 4.39 Å². The summed E-state index contributed by atoms with van der Waals surface area (Å²) in [6, 6.07) is 10.7. The van der Waals surface area contributed by atoms with Gasteiger partial charge in [0.15, 0.2) is 0 Å². The number of aryl methyl sites for hydroxylation is 1.